The van der Waals surface area contributed by atoms with E-state index in [1.165, 1.54) is 6.92 Å². The van der Waals surface area contributed by atoms with Gasteiger partial charge in [-0.15, -0.1) is 0 Å². The summed E-state index contributed by atoms with van der Waals surface area (Å²) in [6.07, 6.45) is 5.26. The minimum absolute atomic E-state index is 0.0602. The Balaban J connectivity index is 2.02. The fourth-order valence-electron chi connectivity index (χ4n) is 3.08. The van der Waals surface area contributed by atoms with Gasteiger partial charge in [-0.1, -0.05) is 12.8 Å². The summed E-state index contributed by atoms with van der Waals surface area (Å²) < 4.78 is 0. The number of amides is 2. The average molecular weight is 253 g/mol. The number of carbonyl (C=O) groups is 2. The smallest absolute Gasteiger partial charge is 0.245 e. The lowest BCUT2D eigenvalue weighted by Gasteiger charge is -2.28. The van der Waals surface area contributed by atoms with Crippen LogP contribution in [-0.2, 0) is 9.59 Å². The van der Waals surface area contributed by atoms with Crippen molar-refractivity contribution in [2.45, 2.75) is 51.1 Å². The number of nitrogens with one attached hydrogen (secondary N) is 1. The average Bonchev–Trinajstić information content (AvgIpc) is 2.95. The Bertz CT molecular complexity index is 326. The maximum absolute atomic E-state index is 12.5. The molecule has 5 heteroatoms. The largest absolute Gasteiger partial charge is 0.344 e. The summed E-state index contributed by atoms with van der Waals surface area (Å²) in [4.78, 5) is 25.6. The highest BCUT2D eigenvalue weighted by atomic mass is 16.2. The number of likely N-dealkylation sites (tertiary alicyclic amines) is 1. The molecule has 0 aromatic heterocycles. The molecular formula is C13H23N3O2. The van der Waals surface area contributed by atoms with Crippen LogP contribution in [0.3, 0.4) is 0 Å². The van der Waals surface area contributed by atoms with Crippen molar-refractivity contribution >= 4 is 11.8 Å². The Hall–Kier alpha value is -1.10. The van der Waals surface area contributed by atoms with Crippen LogP contribution < -0.4 is 11.1 Å². The van der Waals surface area contributed by atoms with Gasteiger partial charge >= 0.3 is 0 Å². The predicted molar refractivity (Wildman–Crippen MR) is 68.7 cm³/mol. The summed E-state index contributed by atoms with van der Waals surface area (Å²) in [7, 11) is 0. The molecule has 5 nitrogen and oxygen atoms in total. The van der Waals surface area contributed by atoms with Crippen LogP contribution >= 0.6 is 0 Å². The summed E-state index contributed by atoms with van der Waals surface area (Å²) in [5.74, 6) is 0.243. The molecule has 3 N–H and O–H groups in total. The van der Waals surface area contributed by atoms with Crippen LogP contribution in [0.5, 0.6) is 0 Å². The monoisotopic (exact) mass is 253 g/mol. The van der Waals surface area contributed by atoms with Gasteiger partial charge in [0.2, 0.25) is 11.8 Å². The van der Waals surface area contributed by atoms with E-state index in [-0.39, 0.29) is 23.9 Å². The molecule has 1 aliphatic heterocycles. The number of carbonyl (C=O) groups excluding carboxylic acids is 2. The SMILES string of the molecule is CC(=O)N[C@@H](C(=O)N1CC[C@@H](N)C1)C1CCCC1. The maximum Gasteiger partial charge on any atom is 0.245 e. The fourth-order valence-corrected chi connectivity index (χ4v) is 3.08. The van der Waals surface area contributed by atoms with Crippen molar-refractivity contribution in [1.29, 1.82) is 0 Å². The van der Waals surface area contributed by atoms with Gasteiger partial charge in [0.25, 0.3) is 0 Å². The maximum atomic E-state index is 12.5. The number of nitrogens with zero attached hydrogens (tertiary/aromatic N) is 1. The standard InChI is InChI=1S/C13H23N3O2/c1-9(17)15-12(10-4-2-3-5-10)13(18)16-7-6-11(14)8-16/h10-12H,2-8,14H2,1H3,(H,15,17)/t11-,12-/m1/s1. The Labute approximate surface area is 108 Å². The Morgan fingerprint density at radius 1 is 1.28 bits per heavy atom. The first-order valence-corrected chi connectivity index (χ1v) is 6.89. The van der Waals surface area contributed by atoms with Crippen molar-refractivity contribution < 1.29 is 9.59 Å². The molecule has 1 saturated carbocycles. The van der Waals surface area contributed by atoms with E-state index in [4.69, 9.17) is 5.73 Å². The van der Waals surface area contributed by atoms with E-state index >= 15 is 0 Å². The molecule has 2 rings (SSSR count). The zero-order valence-corrected chi connectivity index (χ0v) is 11.0. The summed E-state index contributed by atoms with van der Waals surface area (Å²) >= 11 is 0. The molecule has 18 heavy (non-hydrogen) atoms. The quantitative estimate of drug-likeness (QED) is 0.756. The molecular weight excluding hydrogens is 230 g/mol. The number of nitrogens with two attached hydrogens (primary N) is 1. The van der Waals surface area contributed by atoms with E-state index in [9.17, 15) is 9.59 Å². The second kappa shape index (κ2) is 5.69. The first kappa shape index (κ1) is 13.3. The molecule has 1 heterocycles. The van der Waals surface area contributed by atoms with Gasteiger partial charge in [-0.25, -0.2) is 0 Å². The van der Waals surface area contributed by atoms with Crippen molar-refractivity contribution in [3.63, 3.8) is 0 Å². The van der Waals surface area contributed by atoms with Crippen molar-refractivity contribution in [1.82, 2.24) is 10.2 Å². The Morgan fingerprint density at radius 3 is 2.44 bits per heavy atom. The summed E-state index contributed by atoms with van der Waals surface area (Å²) in [5.41, 5.74) is 5.84. The van der Waals surface area contributed by atoms with Crippen LogP contribution in [0, 0.1) is 5.92 Å². The molecule has 2 fully saturated rings. The van der Waals surface area contributed by atoms with Gasteiger partial charge in [0, 0.05) is 26.1 Å². The molecule has 0 radical (unpaired) electrons. The first-order chi connectivity index (χ1) is 8.58. The molecule has 2 aliphatic rings. The second-order valence-corrected chi connectivity index (χ2v) is 5.56. The van der Waals surface area contributed by atoms with Crippen LogP contribution in [0.1, 0.15) is 39.0 Å². The topological polar surface area (TPSA) is 75.4 Å². The molecule has 2 amide bonds. The van der Waals surface area contributed by atoms with Gasteiger partial charge in [0.15, 0.2) is 0 Å². The van der Waals surface area contributed by atoms with Crippen LogP contribution in [0.25, 0.3) is 0 Å². The molecule has 0 aromatic carbocycles. The highest BCUT2D eigenvalue weighted by molar-refractivity contribution is 5.87. The zero-order chi connectivity index (χ0) is 13.1. The molecule has 0 aromatic rings. The third-order valence-corrected chi connectivity index (χ3v) is 4.03. The molecule has 1 aliphatic carbocycles. The minimum Gasteiger partial charge on any atom is -0.344 e. The number of hydrogen-bond acceptors (Lipinski definition) is 3. The van der Waals surface area contributed by atoms with E-state index in [0.29, 0.717) is 12.5 Å². The highest BCUT2D eigenvalue weighted by Crippen LogP contribution is 2.29. The van der Waals surface area contributed by atoms with Gasteiger partial charge in [-0.2, -0.15) is 0 Å². The van der Waals surface area contributed by atoms with Gasteiger partial charge in [-0.3, -0.25) is 9.59 Å². The zero-order valence-electron chi connectivity index (χ0n) is 11.0. The van der Waals surface area contributed by atoms with Gasteiger partial charge < -0.3 is 16.0 Å². The van der Waals surface area contributed by atoms with Crippen molar-refractivity contribution in [2.24, 2.45) is 11.7 Å². The second-order valence-electron chi connectivity index (χ2n) is 5.56. The third kappa shape index (κ3) is 3.02. The van der Waals surface area contributed by atoms with E-state index in [1.54, 1.807) is 0 Å². The molecule has 0 bridgehead atoms. The first-order valence-electron chi connectivity index (χ1n) is 6.89. The lowest BCUT2D eigenvalue weighted by atomic mass is 9.96. The number of rotatable bonds is 3. The van der Waals surface area contributed by atoms with Crippen molar-refractivity contribution in [3.8, 4) is 0 Å². The van der Waals surface area contributed by atoms with E-state index < -0.39 is 0 Å². The van der Waals surface area contributed by atoms with Gasteiger partial charge in [0.05, 0.1) is 0 Å². The molecule has 0 spiro atoms. The lowest BCUT2D eigenvalue weighted by Crippen LogP contribution is -2.51. The van der Waals surface area contributed by atoms with Crippen LogP contribution in [-0.4, -0.2) is 41.9 Å². The van der Waals surface area contributed by atoms with Crippen LogP contribution in [0.4, 0.5) is 0 Å². The Kier molecular flexibility index (Phi) is 4.22. The van der Waals surface area contributed by atoms with Crippen molar-refractivity contribution in [2.75, 3.05) is 13.1 Å². The van der Waals surface area contributed by atoms with Crippen molar-refractivity contribution in [3.05, 3.63) is 0 Å². The van der Waals surface area contributed by atoms with Crippen LogP contribution in [0.15, 0.2) is 0 Å². The van der Waals surface area contributed by atoms with E-state index in [0.717, 1.165) is 38.6 Å². The fraction of sp³-hybridized carbons (Fsp3) is 0.846. The van der Waals surface area contributed by atoms with E-state index in [2.05, 4.69) is 5.32 Å². The molecule has 0 unspecified atom stereocenters. The summed E-state index contributed by atoms with van der Waals surface area (Å²) in [6, 6.07) is -0.245. The summed E-state index contributed by atoms with van der Waals surface area (Å²) in [6.45, 7) is 2.83. The van der Waals surface area contributed by atoms with Gasteiger partial charge in [0.1, 0.15) is 6.04 Å². The molecule has 2 atom stereocenters. The highest BCUT2D eigenvalue weighted by Gasteiger charge is 2.36. The predicted octanol–water partition coefficient (Wildman–Crippen LogP) is 0.241. The normalized spacial score (nSPS) is 26.3. The number of hydrogen-bond donors (Lipinski definition) is 2. The Morgan fingerprint density at radius 2 is 1.94 bits per heavy atom. The van der Waals surface area contributed by atoms with Gasteiger partial charge in [-0.05, 0) is 25.2 Å². The molecule has 1 saturated heterocycles. The van der Waals surface area contributed by atoms with E-state index in [1.807, 2.05) is 4.90 Å². The lowest BCUT2D eigenvalue weighted by molar-refractivity contribution is -0.136. The van der Waals surface area contributed by atoms with Crippen LogP contribution in [0.2, 0.25) is 0 Å². The minimum atomic E-state index is -0.338. The molecule has 102 valence electrons. The summed E-state index contributed by atoms with van der Waals surface area (Å²) in [5, 5.41) is 2.84. The third-order valence-electron chi connectivity index (χ3n) is 4.03.